The molecular formula is C21H24ClFN2. The third-order valence-corrected chi connectivity index (χ3v) is 5.27. The number of hydrazine groups is 1. The molecule has 1 aliphatic heterocycles. The average Bonchev–Trinajstić information content (AvgIpc) is 2.92. The van der Waals surface area contributed by atoms with E-state index in [1.807, 2.05) is 0 Å². The summed E-state index contributed by atoms with van der Waals surface area (Å²) >= 11 is 6.04. The fourth-order valence-corrected chi connectivity index (χ4v) is 3.38. The summed E-state index contributed by atoms with van der Waals surface area (Å²) in [4.78, 5) is 0. The molecular weight excluding hydrogens is 335 g/mol. The van der Waals surface area contributed by atoms with Crippen molar-refractivity contribution < 1.29 is 4.39 Å². The highest BCUT2D eigenvalue weighted by Crippen LogP contribution is 2.37. The van der Waals surface area contributed by atoms with Crippen LogP contribution in [-0.2, 0) is 0 Å². The second-order valence-corrected chi connectivity index (χ2v) is 7.18. The maximum absolute atomic E-state index is 13.8. The topological polar surface area (TPSA) is 6.48 Å². The van der Waals surface area contributed by atoms with Crippen molar-refractivity contribution in [3.63, 3.8) is 0 Å². The summed E-state index contributed by atoms with van der Waals surface area (Å²) in [5, 5.41) is 4.79. The molecule has 0 radical (unpaired) electrons. The van der Waals surface area contributed by atoms with E-state index in [9.17, 15) is 4.39 Å². The SMILES string of the molecule is CCC(C)c1ccc(-c2cc(F)cc(Cl)c2)cc1N1C=CC(C)N1C. The van der Waals surface area contributed by atoms with Crippen LogP contribution in [0.2, 0.25) is 5.02 Å². The Bertz CT molecular complexity index is 782. The minimum Gasteiger partial charge on any atom is -0.281 e. The van der Waals surface area contributed by atoms with E-state index < -0.39 is 0 Å². The highest BCUT2D eigenvalue weighted by Gasteiger charge is 2.24. The van der Waals surface area contributed by atoms with Crippen LogP contribution in [0.15, 0.2) is 48.7 Å². The van der Waals surface area contributed by atoms with Gasteiger partial charge in [-0.25, -0.2) is 9.40 Å². The first-order valence-electron chi connectivity index (χ1n) is 8.71. The van der Waals surface area contributed by atoms with Crippen molar-refractivity contribution in [1.82, 2.24) is 5.01 Å². The normalized spacial score (nSPS) is 18.8. The zero-order valence-corrected chi connectivity index (χ0v) is 15.9. The lowest BCUT2D eigenvalue weighted by molar-refractivity contribution is 0.321. The van der Waals surface area contributed by atoms with Crippen molar-refractivity contribution in [3.05, 3.63) is 65.1 Å². The Balaban J connectivity index is 2.11. The molecule has 0 amide bonds. The molecule has 0 spiro atoms. The van der Waals surface area contributed by atoms with E-state index in [-0.39, 0.29) is 5.82 Å². The van der Waals surface area contributed by atoms with Gasteiger partial charge in [0.05, 0.1) is 5.69 Å². The quantitative estimate of drug-likeness (QED) is 0.639. The Hall–Kier alpha value is -1.84. The molecule has 1 aliphatic rings. The van der Waals surface area contributed by atoms with E-state index in [0.29, 0.717) is 17.0 Å². The van der Waals surface area contributed by atoms with Crippen LogP contribution in [0.3, 0.4) is 0 Å². The van der Waals surface area contributed by atoms with Crippen molar-refractivity contribution in [2.24, 2.45) is 0 Å². The van der Waals surface area contributed by atoms with Crippen molar-refractivity contribution in [3.8, 4) is 11.1 Å². The summed E-state index contributed by atoms with van der Waals surface area (Å²) in [5.41, 5.74) is 4.18. The van der Waals surface area contributed by atoms with Gasteiger partial charge in [-0.05, 0) is 66.3 Å². The number of rotatable bonds is 4. The van der Waals surface area contributed by atoms with E-state index in [1.54, 1.807) is 6.07 Å². The molecule has 2 aromatic carbocycles. The molecule has 2 aromatic rings. The van der Waals surface area contributed by atoms with Gasteiger partial charge in [-0.2, -0.15) is 0 Å². The summed E-state index contributed by atoms with van der Waals surface area (Å²) in [6.07, 6.45) is 5.34. The highest BCUT2D eigenvalue weighted by molar-refractivity contribution is 6.30. The lowest BCUT2D eigenvalue weighted by Gasteiger charge is -2.31. The van der Waals surface area contributed by atoms with Gasteiger partial charge in [-0.3, -0.25) is 5.01 Å². The van der Waals surface area contributed by atoms with E-state index in [0.717, 1.165) is 23.2 Å². The molecule has 0 fully saturated rings. The van der Waals surface area contributed by atoms with Gasteiger partial charge < -0.3 is 0 Å². The zero-order valence-electron chi connectivity index (χ0n) is 15.1. The third kappa shape index (κ3) is 3.58. The number of likely N-dealkylation sites (N-methyl/N-ethyl adjacent to an activating group) is 1. The third-order valence-electron chi connectivity index (χ3n) is 5.05. The van der Waals surface area contributed by atoms with Crippen LogP contribution in [0.4, 0.5) is 10.1 Å². The Morgan fingerprint density at radius 3 is 2.52 bits per heavy atom. The van der Waals surface area contributed by atoms with Gasteiger partial charge in [0.25, 0.3) is 0 Å². The number of anilines is 1. The minimum atomic E-state index is -0.318. The molecule has 0 N–H and O–H groups in total. The van der Waals surface area contributed by atoms with E-state index in [4.69, 9.17) is 11.6 Å². The summed E-state index contributed by atoms with van der Waals surface area (Å²) in [5.74, 6) is 0.125. The number of hydrogen-bond donors (Lipinski definition) is 0. The largest absolute Gasteiger partial charge is 0.281 e. The number of benzene rings is 2. The monoisotopic (exact) mass is 358 g/mol. The molecule has 25 heavy (non-hydrogen) atoms. The van der Waals surface area contributed by atoms with E-state index in [1.165, 1.54) is 17.7 Å². The molecule has 0 bridgehead atoms. The van der Waals surface area contributed by atoms with Gasteiger partial charge in [-0.15, -0.1) is 0 Å². The van der Waals surface area contributed by atoms with Crippen LogP contribution >= 0.6 is 11.6 Å². The summed E-state index contributed by atoms with van der Waals surface area (Å²) < 4.78 is 13.8. The second-order valence-electron chi connectivity index (χ2n) is 6.74. The van der Waals surface area contributed by atoms with Crippen LogP contribution in [0.1, 0.15) is 38.7 Å². The fraction of sp³-hybridized carbons (Fsp3) is 0.333. The maximum atomic E-state index is 13.8. The molecule has 132 valence electrons. The maximum Gasteiger partial charge on any atom is 0.125 e. The van der Waals surface area contributed by atoms with Gasteiger partial charge in [-0.1, -0.05) is 37.6 Å². The van der Waals surface area contributed by atoms with Gasteiger partial charge in [0.1, 0.15) is 5.82 Å². The zero-order chi connectivity index (χ0) is 18.1. The standard InChI is InChI=1S/C21H24ClFN2/c1-5-14(2)20-7-6-16(17-10-18(22)13-19(23)11-17)12-21(20)25-9-8-15(3)24(25)4/h6-15H,5H2,1-4H3. The van der Waals surface area contributed by atoms with Gasteiger partial charge in [0, 0.05) is 24.3 Å². The first-order chi connectivity index (χ1) is 11.9. The molecule has 3 rings (SSSR count). The molecule has 1 heterocycles. The van der Waals surface area contributed by atoms with Crippen molar-refractivity contribution in [1.29, 1.82) is 0 Å². The minimum absolute atomic E-state index is 0.318. The Labute approximate surface area is 154 Å². The van der Waals surface area contributed by atoms with Crippen LogP contribution in [0.25, 0.3) is 11.1 Å². The van der Waals surface area contributed by atoms with Crippen molar-refractivity contribution >= 4 is 17.3 Å². The lowest BCUT2D eigenvalue weighted by Crippen LogP contribution is -2.36. The molecule has 0 saturated carbocycles. The first kappa shape index (κ1) is 18.0. The summed E-state index contributed by atoms with van der Waals surface area (Å²) in [6.45, 7) is 6.59. The second kappa shape index (κ2) is 7.19. The summed E-state index contributed by atoms with van der Waals surface area (Å²) in [7, 11) is 2.08. The predicted octanol–water partition coefficient (Wildman–Crippen LogP) is 6.23. The molecule has 0 aliphatic carbocycles. The van der Waals surface area contributed by atoms with Crippen LogP contribution < -0.4 is 5.01 Å². The molecule has 2 unspecified atom stereocenters. The van der Waals surface area contributed by atoms with Gasteiger partial charge >= 0.3 is 0 Å². The van der Waals surface area contributed by atoms with Crippen molar-refractivity contribution in [2.75, 3.05) is 12.1 Å². The number of halogens is 2. The van der Waals surface area contributed by atoms with E-state index in [2.05, 4.69) is 68.3 Å². The molecule has 0 aromatic heterocycles. The number of nitrogens with zero attached hydrogens (tertiary/aromatic N) is 2. The number of hydrogen-bond acceptors (Lipinski definition) is 2. The highest BCUT2D eigenvalue weighted by atomic mass is 35.5. The average molecular weight is 359 g/mol. The Kier molecular flexibility index (Phi) is 5.16. The van der Waals surface area contributed by atoms with Gasteiger partial charge in [0.15, 0.2) is 0 Å². The van der Waals surface area contributed by atoms with Crippen LogP contribution in [0.5, 0.6) is 0 Å². The lowest BCUT2D eigenvalue weighted by atomic mass is 9.93. The fourth-order valence-electron chi connectivity index (χ4n) is 3.16. The Morgan fingerprint density at radius 1 is 1.16 bits per heavy atom. The first-order valence-corrected chi connectivity index (χ1v) is 9.09. The predicted molar refractivity (Wildman–Crippen MR) is 104 cm³/mol. The van der Waals surface area contributed by atoms with Crippen LogP contribution in [-0.4, -0.2) is 18.1 Å². The molecule has 4 heteroatoms. The van der Waals surface area contributed by atoms with Gasteiger partial charge in [0.2, 0.25) is 0 Å². The molecule has 2 atom stereocenters. The smallest absolute Gasteiger partial charge is 0.125 e. The Morgan fingerprint density at radius 2 is 1.92 bits per heavy atom. The molecule has 0 saturated heterocycles. The van der Waals surface area contributed by atoms with Crippen LogP contribution in [0, 0.1) is 5.82 Å². The summed E-state index contributed by atoms with van der Waals surface area (Å²) in [6, 6.07) is 11.3. The van der Waals surface area contributed by atoms with E-state index >= 15 is 0 Å². The molecule has 2 nitrogen and oxygen atoms in total. The van der Waals surface area contributed by atoms with Crippen molar-refractivity contribution in [2.45, 2.75) is 39.2 Å².